The van der Waals surface area contributed by atoms with Crippen molar-refractivity contribution in [3.63, 3.8) is 0 Å². The highest BCUT2D eigenvalue weighted by Gasteiger charge is 2.14. The highest BCUT2D eigenvalue weighted by Crippen LogP contribution is 2.22. The SMILES string of the molecule is COc1ccc(O)c(C(=O)NCC(C)CC(=O)O)c1. The number of methoxy groups -OCH3 is 1. The van der Waals surface area contributed by atoms with Crippen molar-refractivity contribution in [3.8, 4) is 11.5 Å². The molecule has 0 saturated heterocycles. The van der Waals surface area contributed by atoms with Gasteiger partial charge in [0.05, 0.1) is 12.7 Å². The first-order valence-corrected chi connectivity index (χ1v) is 5.81. The second kappa shape index (κ2) is 6.63. The Bertz CT molecular complexity index is 472. The molecule has 0 radical (unpaired) electrons. The molecular formula is C13H17NO5. The van der Waals surface area contributed by atoms with Crippen LogP contribution in [-0.2, 0) is 4.79 Å². The molecule has 1 unspecified atom stereocenters. The average Bonchev–Trinajstić information content (AvgIpc) is 2.35. The Morgan fingerprint density at radius 3 is 2.68 bits per heavy atom. The summed E-state index contributed by atoms with van der Waals surface area (Å²) in [5, 5.41) is 20.8. The third-order valence-corrected chi connectivity index (χ3v) is 2.58. The number of carbonyl (C=O) groups excluding carboxylic acids is 1. The normalized spacial score (nSPS) is 11.7. The van der Waals surface area contributed by atoms with Crippen LogP contribution in [0.25, 0.3) is 0 Å². The van der Waals surface area contributed by atoms with Gasteiger partial charge in [-0.15, -0.1) is 0 Å². The number of amides is 1. The van der Waals surface area contributed by atoms with E-state index in [9.17, 15) is 14.7 Å². The van der Waals surface area contributed by atoms with E-state index in [2.05, 4.69) is 5.32 Å². The number of benzene rings is 1. The van der Waals surface area contributed by atoms with Crippen molar-refractivity contribution < 1.29 is 24.5 Å². The quantitative estimate of drug-likeness (QED) is 0.720. The number of aliphatic carboxylic acids is 1. The Morgan fingerprint density at radius 2 is 2.11 bits per heavy atom. The molecule has 0 fully saturated rings. The molecule has 1 aromatic carbocycles. The molecule has 1 atom stereocenters. The molecule has 0 spiro atoms. The third kappa shape index (κ3) is 4.50. The topological polar surface area (TPSA) is 95.9 Å². The zero-order chi connectivity index (χ0) is 14.4. The van der Waals surface area contributed by atoms with Gasteiger partial charge < -0.3 is 20.3 Å². The number of aromatic hydroxyl groups is 1. The summed E-state index contributed by atoms with van der Waals surface area (Å²) < 4.78 is 4.97. The van der Waals surface area contributed by atoms with Crippen molar-refractivity contribution in [2.75, 3.05) is 13.7 Å². The van der Waals surface area contributed by atoms with Crippen molar-refractivity contribution in [2.24, 2.45) is 5.92 Å². The van der Waals surface area contributed by atoms with Gasteiger partial charge in [-0.1, -0.05) is 6.92 Å². The number of hydrogen-bond acceptors (Lipinski definition) is 4. The van der Waals surface area contributed by atoms with E-state index in [1.54, 1.807) is 13.0 Å². The van der Waals surface area contributed by atoms with Crippen LogP contribution in [-0.4, -0.2) is 35.7 Å². The lowest BCUT2D eigenvalue weighted by molar-refractivity contribution is -0.137. The molecule has 0 saturated carbocycles. The summed E-state index contributed by atoms with van der Waals surface area (Å²) in [5.41, 5.74) is 0.0990. The average molecular weight is 267 g/mol. The van der Waals surface area contributed by atoms with Crippen LogP contribution in [0.4, 0.5) is 0 Å². The van der Waals surface area contributed by atoms with Gasteiger partial charge in [-0.05, 0) is 24.1 Å². The van der Waals surface area contributed by atoms with E-state index in [4.69, 9.17) is 9.84 Å². The zero-order valence-corrected chi connectivity index (χ0v) is 10.8. The number of phenolic OH excluding ortho intramolecular Hbond substituents is 1. The fourth-order valence-electron chi connectivity index (χ4n) is 1.56. The molecule has 6 nitrogen and oxygen atoms in total. The minimum atomic E-state index is -0.911. The number of nitrogens with one attached hydrogen (secondary N) is 1. The van der Waals surface area contributed by atoms with E-state index in [-0.39, 0.29) is 30.2 Å². The van der Waals surface area contributed by atoms with Crippen molar-refractivity contribution in [1.82, 2.24) is 5.32 Å². The first-order chi connectivity index (χ1) is 8.93. The Hall–Kier alpha value is -2.24. The molecule has 0 bridgehead atoms. The molecule has 0 aliphatic rings. The predicted molar refractivity (Wildman–Crippen MR) is 68.4 cm³/mol. The summed E-state index contributed by atoms with van der Waals surface area (Å²) in [4.78, 5) is 22.3. The summed E-state index contributed by atoms with van der Waals surface area (Å²) in [5.74, 6) is -1.25. The fraction of sp³-hybridized carbons (Fsp3) is 0.385. The summed E-state index contributed by atoms with van der Waals surface area (Å²) in [6.07, 6.45) is -0.0234. The molecule has 0 aliphatic carbocycles. The zero-order valence-electron chi connectivity index (χ0n) is 10.8. The molecular weight excluding hydrogens is 250 g/mol. The monoisotopic (exact) mass is 267 g/mol. The third-order valence-electron chi connectivity index (χ3n) is 2.58. The summed E-state index contributed by atoms with van der Waals surface area (Å²) in [6.45, 7) is 1.95. The second-order valence-electron chi connectivity index (χ2n) is 4.30. The van der Waals surface area contributed by atoms with Crippen molar-refractivity contribution in [2.45, 2.75) is 13.3 Å². The number of phenols is 1. The van der Waals surface area contributed by atoms with E-state index < -0.39 is 11.9 Å². The number of carboxylic acids is 1. The van der Waals surface area contributed by atoms with E-state index >= 15 is 0 Å². The largest absolute Gasteiger partial charge is 0.507 e. The van der Waals surface area contributed by atoms with Crippen molar-refractivity contribution in [3.05, 3.63) is 23.8 Å². The van der Waals surface area contributed by atoms with Crippen LogP contribution in [0.5, 0.6) is 11.5 Å². The van der Waals surface area contributed by atoms with Crippen LogP contribution in [0, 0.1) is 5.92 Å². The van der Waals surface area contributed by atoms with Crippen molar-refractivity contribution in [1.29, 1.82) is 0 Å². The summed E-state index contributed by atoms with van der Waals surface area (Å²) in [6, 6.07) is 4.33. The number of ether oxygens (including phenoxy) is 1. The van der Waals surface area contributed by atoms with Gasteiger partial charge in [-0.2, -0.15) is 0 Å². The molecule has 104 valence electrons. The lowest BCUT2D eigenvalue weighted by Crippen LogP contribution is -2.29. The van der Waals surface area contributed by atoms with Gasteiger partial charge in [0.15, 0.2) is 0 Å². The first-order valence-electron chi connectivity index (χ1n) is 5.81. The molecule has 3 N–H and O–H groups in total. The lowest BCUT2D eigenvalue weighted by atomic mass is 10.1. The van der Waals surface area contributed by atoms with Gasteiger partial charge in [0.1, 0.15) is 11.5 Å². The Morgan fingerprint density at radius 1 is 1.42 bits per heavy atom. The Balaban J connectivity index is 2.65. The number of carboxylic acid groups (broad SMARTS) is 1. The highest BCUT2D eigenvalue weighted by molar-refractivity contribution is 5.97. The number of hydrogen-bond donors (Lipinski definition) is 3. The maximum atomic E-state index is 11.8. The summed E-state index contributed by atoms with van der Waals surface area (Å²) in [7, 11) is 1.46. The van der Waals surface area contributed by atoms with Gasteiger partial charge in [-0.3, -0.25) is 9.59 Å². The van der Waals surface area contributed by atoms with Gasteiger partial charge in [0.25, 0.3) is 5.91 Å². The smallest absolute Gasteiger partial charge is 0.303 e. The first kappa shape index (κ1) is 14.8. The number of rotatable bonds is 6. The van der Waals surface area contributed by atoms with Gasteiger partial charge in [0.2, 0.25) is 0 Å². The van der Waals surface area contributed by atoms with Crippen LogP contribution in [0.2, 0.25) is 0 Å². The van der Waals surface area contributed by atoms with E-state index in [0.717, 1.165) is 0 Å². The van der Waals surface area contributed by atoms with Crippen LogP contribution in [0.1, 0.15) is 23.7 Å². The minimum Gasteiger partial charge on any atom is -0.507 e. The van der Waals surface area contributed by atoms with Crippen molar-refractivity contribution >= 4 is 11.9 Å². The maximum Gasteiger partial charge on any atom is 0.303 e. The maximum absolute atomic E-state index is 11.8. The fourth-order valence-corrected chi connectivity index (χ4v) is 1.56. The van der Waals surface area contributed by atoms with E-state index in [1.165, 1.54) is 19.2 Å². The molecule has 19 heavy (non-hydrogen) atoms. The van der Waals surface area contributed by atoms with E-state index in [1.807, 2.05) is 0 Å². The van der Waals surface area contributed by atoms with Crippen LogP contribution < -0.4 is 10.1 Å². The molecule has 6 heteroatoms. The predicted octanol–water partition coefficient (Wildman–Crippen LogP) is 1.24. The summed E-state index contributed by atoms with van der Waals surface area (Å²) >= 11 is 0. The lowest BCUT2D eigenvalue weighted by Gasteiger charge is -2.11. The molecule has 0 aromatic heterocycles. The molecule has 0 aliphatic heterocycles. The van der Waals surface area contributed by atoms with Gasteiger partial charge in [0, 0.05) is 13.0 Å². The molecule has 1 amide bonds. The number of carbonyl (C=O) groups is 2. The van der Waals surface area contributed by atoms with Gasteiger partial charge >= 0.3 is 5.97 Å². The minimum absolute atomic E-state index is 0.0234. The van der Waals surface area contributed by atoms with Crippen LogP contribution in [0.3, 0.4) is 0 Å². The van der Waals surface area contributed by atoms with Crippen LogP contribution in [0.15, 0.2) is 18.2 Å². The molecule has 0 heterocycles. The molecule has 1 rings (SSSR count). The molecule has 1 aromatic rings. The van der Waals surface area contributed by atoms with Gasteiger partial charge in [-0.25, -0.2) is 0 Å². The Labute approximate surface area is 111 Å². The van der Waals surface area contributed by atoms with Crippen LogP contribution >= 0.6 is 0 Å². The standard InChI is InChI=1S/C13H17NO5/c1-8(5-12(16)17)7-14-13(18)10-6-9(19-2)3-4-11(10)15/h3-4,6,8,15H,5,7H2,1-2H3,(H,14,18)(H,16,17). The highest BCUT2D eigenvalue weighted by atomic mass is 16.5. The van der Waals surface area contributed by atoms with E-state index in [0.29, 0.717) is 5.75 Å². The second-order valence-corrected chi connectivity index (χ2v) is 4.30. The Kier molecular flexibility index (Phi) is 5.17.